The fraction of sp³-hybridized carbons (Fsp3) is 0. The van der Waals surface area contributed by atoms with Gasteiger partial charge in [0.1, 0.15) is 11.0 Å². The molecule has 0 amide bonds. The van der Waals surface area contributed by atoms with Gasteiger partial charge in [0, 0.05) is 25.7 Å². The summed E-state index contributed by atoms with van der Waals surface area (Å²) in [6.07, 6.45) is 0. The molecule has 0 spiro atoms. The van der Waals surface area contributed by atoms with Crippen LogP contribution in [-0.2, 0) is 0 Å². The van der Waals surface area contributed by atoms with Gasteiger partial charge in [-0.2, -0.15) is 0 Å². The lowest BCUT2D eigenvalue weighted by molar-refractivity contribution is 0.619. The summed E-state index contributed by atoms with van der Waals surface area (Å²) in [5.41, 5.74) is 10.0. The summed E-state index contributed by atoms with van der Waals surface area (Å²) in [5.74, 6) is 1.27. The van der Waals surface area contributed by atoms with Gasteiger partial charge in [0.15, 0.2) is 11.2 Å². The molecule has 4 nitrogen and oxygen atoms in total. The smallest absolute Gasteiger partial charge is 0.228 e. The number of rotatable bonds is 4. The molecule has 8 aromatic carbocycles. The van der Waals surface area contributed by atoms with Crippen molar-refractivity contribution in [1.82, 2.24) is 9.97 Å². The number of benzene rings is 8. The fourth-order valence-electron chi connectivity index (χ4n) is 7.74. The lowest BCUT2D eigenvalue weighted by Gasteiger charge is -2.18. The van der Waals surface area contributed by atoms with Crippen LogP contribution in [0.4, 0.5) is 0 Å². The third-order valence-electron chi connectivity index (χ3n) is 9.94. The lowest BCUT2D eigenvalue weighted by Crippen LogP contribution is -1.91. The second-order valence-corrected chi connectivity index (χ2v) is 13.9. The van der Waals surface area contributed by atoms with Crippen LogP contribution in [0.15, 0.2) is 167 Å². The van der Waals surface area contributed by atoms with E-state index in [4.69, 9.17) is 18.8 Å². The molecule has 51 heavy (non-hydrogen) atoms. The molecule has 3 heterocycles. The number of oxazole rings is 2. The van der Waals surface area contributed by atoms with Crippen LogP contribution in [-0.4, -0.2) is 9.97 Å². The predicted molar refractivity (Wildman–Crippen MR) is 211 cm³/mol. The Labute approximate surface area is 295 Å². The molecule has 0 unspecified atom stereocenters. The van der Waals surface area contributed by atoms with Crippen molar-refractivity contribution in [2.45, 2.75) is 0 Å². The van der Waals surface area contributed by atoms with Gasteiger partial charge in [0.2, 0.25) is 11.8 Å². The number of para-hydroxylation sites is 4. The Hall–Kier alpha value is -6.56. The van der Waals surface area contributed by atoms with Gasteiger partial charge in [0.25, 0.3) is 0 Å². The topological polar surface area (TPSA) is 52.1 Å². The van der Waals surface area contributed by atoms with Crippen molar-refractivity contribution in [3.63, 3.8) is 0 Å². The molecule has 0 aliphatic carbocycles. The minimum atomic E-state index is 0.622. The van der Waals surface area contributed by atoms with Crippen LogP contribution in [0.1, 0.15) is 0 Å². The van der Waals surface area contributed by atoms with E-state index in [1.165, 1.54) is 58.4 Å². The zero-order valence-corrected chi connectivity index (χ0v) is 27.9. The second kappa shape index (κ2) is 11.0. The van der Waals surface area contributed by atoms with Gasteiger partial charge >= 0.3 is 0 Å². The first-order valence-electron chi connectivity index (χ1n) is 17.0. The molecule has 0 N–H and O–H groups in total. The molecule has 5 heteroatoms. The van der Waals surface area contributed by atoms with E-state index in [1.54, 1.807) is 11.3 Å². The monoisotopic (exact) mass is 670 g/mol. The molecule has 11 rings (SSSR count). The average Bonchev–Trinajstić information content (AvgIpc) is 3.92. The van der Waals surface area contributed by atoms with E-state index < -0.39 is 0 Å². The second-order valence-electron chi connectivity index (χ2n) is 12.9. The van der Waals surface area contributed by atoms with Crippen molar-refractivity contribution in [3.8, 4) is 45.2 Å². The number of thiophene rings is 1. The van der Waals surface area contributed by atoms with Gasteiger partial charge in [0.05, 0.1) is 5.56 Å². The van der Waals surface area contributed by atoms with E-state index in [0.717, 1.165) is 38.9 Å². The van der Waals surface area contributed by atoms with Crippen LogP contribution >= 0.6 is 11.3 Å². The van der Waals surface area contributed by atoms with Gasteiger partial charge in [-0.3, -0.25) is 0 Å². The molecular formula is C46H26N2O2S. The van der Waals surface area contributed by atoms with Crippen molar-refractivity contribution < 1.29 is 8.83 Å². The van der Waals surface area contributed by atoms with Gasteiger partial charge in [-0.15, -0.1) is 11.3 Å². The number of hydrogen-bond donors (Lipinski definition) is 0. The first-order chi connectivity index (χ1) is 25.3. The Morgan fingerprint density at radius 1 is 0.412 bits per heavy atom. The van der Waals surface area contributed by atoms with Crippen LogP contribution in [0, 0.1) is 0 Å². The molecule has 0 fully saturated rings. The van der Waals surface area contributed by atoms with Crippen LogP contribution in [0.5, 0.6) is 0 Å². The normalized spacial score (nSPS) is 11.9. The maximum Gasteiger partial charge on any atom is 0.228 e. The van der Waals surface area contributed by atoms with Crippen molar-refractivity contribution in [2.24, 2.45) is 0 Å². The van der Waals surface area contributed by atoms with Gasteiger partial charge in [-0.1, -0.05) is 109 Å². The van der Waals surface area contributed by atoms with Crippen LogP contribution in [0.25, 0.3) is 109 Å². The number of fused-ring (bicyclic) bond motifs is 7. The summed E-state index contributed by atoms with van der Waals surface area (Å²) < 4.78 is 14.9. The molecule has 0 saturated carbocycles. The van der Waals surface area contributed by atoms with Crippen molar-refractivity contribution in [2.75, 3.05) is 0 Å². The molecule has 0 saturated heterocycles. The van der Waals surface area contributed by atoms with E-state index in [-0.39, 0.29) is 0 Å². The Kier molecular flexibility index (Phi) is 6.09. The van der Waals surface area contributed by atoms with Gasteiger partial charge < -0.3 is 8.83 Å². The summed E-state index contributed by atoms with van der Waals surface area (Å²) >= 11 is 1.80. The van der Waals surface area contributed by atoms with E-state index in [1.807, 2.05) is 48.5 Å². The molecule has 11 aromatic rings. The number of hydrogen-bond acceptors (Lipinski definition) is 5. The molecule has 0 aliphatic rings. The quantitative estimate of drug-likeness (QED) is 0.175. The van der Waals surface area contributed by atoms with E-state index in [9.17, 15) is 0 Å². The zero-order chi connectivity index (χ0) is 33.5. The van der Waals surface area contributed by atoms with Gasteiger partial charge in [-0.25, -0.2) is 9.97 Å². The standard InChI is InChI=1S/C46H26N2O2S/c1-3-16-31-29(14-1)41(27-12-9-13-28(26-27)45-47-36-21-5-7-23-38(36)49-45)30-15-2-4-17-32(30)42(31)33-18-11-25-40-43(33)34-19-10-20-35(44(34)51-40)46-48-37-22-6-8-24-39(37)50-46/h1-26H. The third-order valence-corrected chi connectivity index (χ3v) is 11.1. The molecule has 3 aromatic heterocycles. The summed E-state index contributed by atoms with van der Waals surface area (Å²) in [4.78, 5) is 9.68. The summed E-state index contributed by atoms with van der Waals surface area (Å²) in [5, 5.41) is 7.26. The van der Waals surface area contributed by atoms with E-state index >= 15 is 0 Å². The molecular weight excluding hydrogens is 645 g/mol. The number of nitrogens with zero attached hydrogens (tertiary/aromatic N) is 2. The highest BCUT2D eigenvalue weighted by Crippen LogP contribution is 2.49. The summed E-state index contributed by atoms with van der Waals surface area (Å²) in [7, 11) is 0. The van der Waals surface area contributed by atoms with Crippen LogP contribution < -0.4 is 0 Å². The molecule has 0 aliphatic heterocycles. The highest BCUT2D eigenvalue weighted by atomic mass is 32.1. The largest absolute Gasteiger partial charge is 0.436 e. The van der Waals surface area contributed by atoms with Gasteiger partial charge in [-0.05, 0) is 92.3 Å². The lowest BCUT2D eigenvalue weighted by atomic mass is 9.84. The summed E-state index contributed by atoms with van der Waals surface area (Å²) in [6, 6.07) is 55.2. The van der Waals surface area contributed by atoms with E-state index in [0.29, 0.717) is 11.8 Å². The van der Waals surface area contributed by atoms with Crippen LogP contribution in [0.2, 0.25) is 0 Å². The van der Waals surface area contributed by atoms with Crippen molar-refractivity contribution in [1.29, 1.82) is 0 Å². The Balaban J connectivity index is 1.16. The number of aromatic nitrogens is 2. The fourth-order valence-corrected chi connectivity index (χ4v) is 8.98. The van der Waals surface area contributed by atoms with Crippen molar-refractivity contribution >= 4 is 75.3 Å². The third kappa shape index (κ3) is 4.32. The zero-order valence-electron chi connectivity index (χ0n) is 27.1. The predicted octanol–water partition coefficient (Wildman–Crippen LogP) is 13.3. The highest BCUT2D eigenvalue weighted by molar-refractivity contribution is 7.26. The average molecular weight is 671 g/mol. The first kappa shape index (κ1) is 28.3. The minimum absolute atomic E-state index is 0.622. The molecule has 0 atom stereocenters. The Bertz CT molecular complexity index is 3040. The Morgan fingerprint density at radius 3 is 1.65 bits per heavy atom. The first-order valence-corrected chi connectivity index (χ1v) is 17.8. The minimum Gasteiger partial charge on any atom is -0.436 e. The Morgan fingerprint density at radius 2 is 0.941 bits per heavy atom. The van der Waals surface area contributed by atoms with Crippen molar-refractivity contribution in [3.05, 3.63) is 158 Å². The highest BCUT2D eigenvalue weighted by Gasteiger charge is 2.22. The molecule has 238 valence electrons. The maximum absolute atomic E-state index is 6.28. The summed E-state index contributed by atoms with van der Waals surface area (Å²) in [6.45, 7) is 0. The SMILES string of the molecule is c1cc(-c2nc3ccccc3o2)cc(-c2c3ccccc3c(-c3cccc4sc5c(-c6nc7ccccc7o6)cccc5c34)c3ccccc23)c1. The maximum atomic E-state index is 6.28. The molecule has 0 radical (unpaired) electrons. The van der Waals surface area contributed by atoms with Crippen LogP contribution in [0.3, 0.4) is 0 Å². The molecule has 0 bridgehead atoms. The van der Waals surface area contributed by atoms with E-state index in [2.05, 4.69) is 109 Å².